The van der Waals surface area contributed by atoms with Crippen LogP contribution >= 0.6 is 15.9 Å². The molecule has 4 nitrogen and oxygen atoms in total. The number of halogens is 1. The third-order valence-corrected chi connectivity index (χ3v) is 6.79. The van der Waals surface area contributed by atoms with Gasteiger partial charge in [0.25, 0.3) is 0 Å². The molecule has 2 N–H and O–H groups in total. The van der Waals surface area contributed by atoms with E-state index in [9.17, 15) is 8.42 Å². The fourth-order valence-corrected chi connectivity index (χ4v) is 4.58. The van der Waals surface area contributed by atoms with Crippen molar-refractivity contribution in [3.05, 3.63) is 27.7 Å². The van der Waals surface area contributed by atoms with Crippen LogP contribution in [-0.4, -0.2) is 26.3 Å². The Morgan fingerprint density at radius 1 is 1.40 bits per heavy atom. The minimum absolute atomic E-state index is 0.327. The molecule has 1 saturated carbocycles. The zero-order valence-electron chi connectivity index (χ0n) is 11.9. The second-order valence-electron chi connectivity index (χ2n) is 5.49. The molecule has 1 aromatic rings. The summed E-state index contributed by atoms with van der Waals surface area (Å²) in [5, 5.41) is 0. The summed E-state index contributed by atoms with van der Waals surface area (Å²) in [5.74, 6) is 0.510. The Morgan fingerprint density at radius 2 is 2.05 bits per heavy atom. The third-order valence-electron chi connectivity index (χ3n) is 4.02. The molecule has 0 aromatic heterocycles. The van der Waals surface area contributed by atoms with Gasteiger partial charge in [0.05, 0.1) is 4.90 Å². The number of hydrogen-bond acceptors (Lipinski definition) is 3. The molecule has 0 heterocycles. The summed E-state index contributed by atoms with van der Waals surface area (Å²) in [5.41, 5.74) is 7.20. The predicted octanol–water partition coefficient (Wildman–Crippen LogP) is 2.64. The van der Waals surface area contributed by atoms with Crippen molar-refractivity contribution in [2.24, 2.45) is 11.7 Å². The largest absolute Gasteiger partial charge is 0.326 e. The first-order valence-corrected chi connectivity index (χ1v) is 9.05. The van der Waals surface area contributed by atoms with Gasteiger partial charge in [0.2, 0.25) is 10.0 Å². The van der Waals surface area contributed by atoms with Crippen LogP contribution in [0.25, 0.3) is 0 Å². The minimum Gasteiger partial charge on any atom is -0.326 e. The van der Waals surface area contributed by atoms with Crippen LogP contribution in [0.3, 0.4) is 0 Å². The molecule has 1 fully saturated rings. The lowest BCUT2D eigenvalue weighted by atomic mass is 9.86. The van der Waals surface area contributed by atoms with E-state index < -0.39 is 10.0 Å². The van der Waals surface area contributed by atoms with Gasteiger partial charge < -0.3 is 5.73 Å². The van der Waals surface area contributed by atoms with Crippen LogP contribution in [0.4, 0.5) is 0 Å². The SMILES string of the molecule is Cc1c(Br)cc(CN)cc1S(=O)(=O)N(C)CC1CCC1. The average Bonchev–Trinajstić information content (AvgIpc) is 2.36. The number of rotatable bonds is 5. The normalized spacial score (nSPS) is 16.4. The molecule has 2 rings (SSSR count). The number of hydrogen-bond donors (Lipinski definition) is 1. The highest BCUT2D eigenvalue weighted by Crippen LogP contribution is 2.31. The van der Waals surface area contributed by atoms with E-state index in [2.05, 4.69) is 15.9 Å². The number of sulfonamides is 1. The summed E-state index contributed by atoms with van der Waals surface area (Å²) in [4.78, 5) is 0.356. The summed E-state index contributed by atoms with van der Waals surface area (Å²) in [7, 11) is -1.79. The van der Waals surface area contributed by atoms with E-state index in [4.69, 9.17) is 5.73 Å². The maximum Gasteiger partial charge on any atom is 0.243 e. The van der Waals surface area contributed by atoms with Gasteiger partial charge in [-0.3, -0.25) is 0 Å². The van der Waals surface area contributed by atoms with Crippen molar-refractivity contribution in [1.29, 1.82) is 0 Å². The molecule has 1 aliphatic rings. The molecule has 1 aliphatic carbocycles. The predicted molar refractivity (Wildman–Crippen MR) is 83.9 cm³/mol. The Bertz CT molecular complexity index is 597. The van der Waals surface area contributed by atoms with E-state index in [1.165, 1.54) is 10.7 Å². The van der Waals surface area contributed by atoms with E-state index in [1.54, 1.807) is 13.1 Å². The first-order valence-electron chi connectivity index (χ1n) is 6.81. The third kappa shape index (κ3) is 3.08. The number of nitrogens with zero attached hydrogens (tertiary/aromatic N) is 1. The van der Waals surface area contributed by atoms with Gasteiger partial charge in [-0.1, -0.05) is 22.4 Å². The molecule has 112 valence electrons. The second kappa shape index (κ2) is 6.13. The Hall–Kier alpha value is -0.430. The lowest BCUT2D eigenvalue weighted by Gasteiger charge is -2.30. The van der Waals surface area contributed by atoms with Gasteiger partial charge in [-0.05, 0) is 48.9 Å². The Kier molecular flexibility index (Phi) is 4.89. The topological polar surface area (TPSA) is 63.4 Å². The van der Waals surface area contributed by atoms with Gasteiger partial charge in [-0.2, -0.15) is 0 Å². The maximum atomic E-state index is 12.7. The van der Waals surface area contributed by atoms with Crippen LogP contribution in [0.5, 0.6) is 0 Å². The van der Waals surface area contributed by atoms with Crippen molar-refractivity contribution in [3.63, 3.8) is 0 Å². The molecule has 0 bridgehead atoms. The molecule has 0 unspecified atom stereocenters. The van der Waals surface area contributed by atoms with Crippen LogP contribution < -0.4 is 5.73 Å². The minimum atomic E-state index is -3.45. The van der Waals surface area contributed by atoms with E-state index in [0.717, 1.165) is 28.4 Å². The molecule has 0 aliphatic heterocycles. The lowest BCUT2D eigenvalue weighted by molar-refractivity contribution is 0.263. The average molecular weight is 361 g/mol. The van der Waals surface area contributed by atoms with Crippen molar-refractivity contribution in [3.8, 4) is 0 Å². The lowest BCUT2D eigenvalue weighted by Crippen LogP contribution is -2.34. The monoisotopic (exact) mass is 360 g/mol. The maximum absolute atomic E-state index is 12.7. The highest BCUT2D eigenvalue weighted by atomic mass is 79.9. The van der Waals surface area contributed by atoms with Crippen LogP contribution in [0, 0.1) is 12.8 Å². The van der Waals surface area contributed by atoms with Gasteiger partial charge >= 0.3 is 0 Å². The Morgan fingerprint density at radius 3 is 2.55 bits per heavy atom. The van der Waals surface area contributed by atoms with Crippen LogP contribution in [0.1, 0.15) is 30.4 Å². The molecule has 1 aromatic carbocycles. The van der Waals surface area contributed by atoms with Crippen LogP contribution in [-0.2, 0) is 16.6 Å². The first-order chi connectivity index (χ1) is 9.36. The zero-order chi connectivity index (χ0) is 14.9. The summed E-state index contributed by atoms with van der Waals surface area (Å²) in [6, 6.07) is 3.56. The van der Waals surface area contributed by atoms with Gasteiger partial charge in [0.15, 0.2) is 0 Å². The first kappa shape index (κ1) is 15.9. The standard InChI is InChI=1S/C14H21BrN2O2S/c1-10-13(15)6-12(8-16)7-14(10)20(18,19)17(2)9-11-4-3-5-11/h6-7,11H,3-5,8-9,16H2,1-2H3. The molecule has 0 atom stereocenters. The highest BCUT2D eigenvalue weighted by Gasteiger charge is 2.28. The molecular weight excluding hydrogens is 340 g/mol. The summed E-state index contributed by atoms with van der Waals surface area (Å²) in [6.07, 6.45) is 3.47. The van der Waals surface area contributed by atoms with E-state index in [-0.39, 0.29) is 0 Å². The second-order valence-corrected chi connectivity index (χ2v) is 8.36. The quantitative estimate of drug-likeness (QED) is 0.877. The number of nitrogens with two attached hydrogens (primary N) is 1. The molecule has 0 saturated heterocycles. The molecule has 6 heteroatoms. The van der Waals surface area contributed by atoms with E-state index in [1.807, 2.05) is 13.0 Å². The molecule has 0 radical (unpaired) electrons. The smallest absolute Gasteiger partial charge is 0.243 e. The fourth-order valence-electron chi connectivity index (χ4n) is 2.40. The van der Waals surface area contributed by atoms with Crippen molar-refractivity contribution in [2.45, 2.75) is 37.6 Å². The van der Waals surface area contributed by atoms with Crippen molar-refractivity contribution < 1.29 is 8.42 Å². The van der Waals surface area contributed by atoms with Crippen molar-refractivity contribution >= 4 is 26.0 Å². The Labute approximate surface area is 129 Å². The molecule has 20 heavy (non-hydrogen) atoms. The van der Waals surface area contributed by atoms with Crippen molar-refractivity contribution in [2.75, 3.05) is 13.6 Å². The summed E-state index contributed by atoms with van der Waals surface area (Å²) >= 11 is 3.42. The fraction of sp³-hybridized carbons (Fsp3) is 0.571. The van der Waals surface area contributed by atoms with Crippen LogP contribution in [0.2, 0.25) is 0 Å². The van der Waals surface area contributed by atoms with Gasteiger partial charge in [-0.25, -0.2) is 12.7 Å². The molecule has 0 spiro atoms. The van der Waals surface area contributed by atoms with E-state index in [0.29, 0.717) is 23.9 Å². The van der Waals surface area contributed by atoms with Crippen molar-refractivity contribution in [1.82, 2.24) is 4.31 Å². The molecule has 0 amide bonds. The van der Waals surface area contributed by atoms with Crippen LogP contribution in [0.15, 0.2) is 21.5 Å². The summed E-state index contributed by atoms with van der Waals surface area (Å²) in [6.45, 7) is 2.74. The van der Waals surface area contributed by atoms with Gasteiger partial charge in [-0.15, -0.1) is 0 Å². The highest BCUT2D eigenvalue weighted by molar-refractivity contribution is 9.10. The molecular formula is C14H21BrN2O2S. The summed E-state index contributed by atoms with van der Waals surface area (Å²) < 4.78 is 27.7. The van der Waals surface area contributed by atoms with Gasteiger partial charge in [0.1, 0.15) is 0 Å². The zero-order valence-corrected chi connectivity index (χ0v) is 14.3. The number of benzene rings is 1. The Balaban J connectivity index is 2.34. The van der Waals surface area contributed by atoms with Gasteiger partial charge in [0, 0.05) is 24.6 Å². The van der Waals surface area contributed by atoms with E-state index >= 15 is 0 Å².